The second-order valence-corrected chi connectivity index (χ2v) is 7.40. The lowest BCUT2D eigenvalue weighted by Crippen LogP contribution is -2.44. The predicted octanol–water partition coefficient (Wildman–Crippen LogP) is 4.41. The number of phenolic OH excluding ortho intramolecular Hbond substituents is 1. The molecule has 5 rings (SSSR count). The monoisotopic (exact) mass is 390 g/mol. The van der Waals surface area contributed by atoms with Gasteiger partial charge in [-0.05, 0) is 25.1 Å². The van der Waals surface area contributed by atoms with Crippen molar-refractivity contribution in [2.45, 2.75) is 13.0 Å². The smallest absolute Gasteiger partial charge is 0.172 e. The molecule has 2 aliphatic rings. The van der Waals surface area contributed by atoms with Crippen molar-refractivity contribution in [2.24, 2.45) is 10.2 Å². The van der Waals surface area contributed by atoms with Gasteiger partial charge in [0, 0.05) is 43.9 Å². The van der Waals surface area contributed by atoms with Crippen LogP contribution in [0.1, 0.15) is 29.9 Å². The first-order valence-corrected chi connectivity index (χ1v) is 9.78. The molecule has 1 atom stereocenters. The van der Waals surface area contributed by atoms with Gasteiger partial charge in [0.2, 0.25) is 0 Å². The van der Waals surface area contributed by atoms with E-state index in [9.17, 15) is 10.2 Å². The topological polar surface area (TPSA) is 93.6 Å². The average Bonchev–Trinajstić information content (AvgIpc) is 3.30. The van der Waals surface area contributed by atoms with Gasteiger partial charge in [0.1, 0.15) is 11.3 Å². The van der Waals surface area contributed by atoms with Crippen LogP contribution in [-0.2, 0) is 0 Å². The number of benzene rings is 2. The van der Waals surface area contributed by atoms with Gasteiger partial charge in [-0.3, -0.25) is 4.90 Å². The van der Waals surface area contributed by atoms with Gasteiger partial charge >= 0.3 is 0 Å². The van der Waals surface area contributed by atoms with Crippen LogP contribution in [0.5, 0.6) is 11.5 Å². The van der Waals surface area contributed by atoms with E-state index in [1.54, 1.807) is 18.2 Å². The number of fused-ring (bicyclic) bond motifs is 2. The van der Waals surface area contributed by atoms with Gasteiger partial charge in [0.05, 0.1) is 22.3 Å². The zero-order valence-electron chi connectivity index (χ0n) is 16.1. The molecule has 2 aliphatic heterocycles. The first-order valence-electron chi connectivity index (χ1n) is 9.78. The minimum atomic E-state index is -0.0428. The molecule has 3 heterocycles. The molecule has 1 aromatic heterocycles. The highest BCUT2D eigenvalue weighted by Crippen LogP contribution is 2.44. The van der Waals surface area contributed by atoms with Crippen LogP contribution >= 0.6 is 0 Å². The molecule has 0 amide bonds. The number of azo groups is 1. The van der Waals surface area contributed by atoms with Crippen molar-refractivity contribution in [3.8, 4) is 11.5 Å². The Kier molecular flexibility index (Phi) is 4.34. The summed E-state index contributed by atoms with van der Waals surface area (Å²) in [6, 6.07) is 10.9. The third kappa shape index (κ3) is 2.99. The quantitative estimate of drug-likeness (QED) is 0.616. The number of nitrogens with one attached hydrogen (secondary N) is 1. The minimum absolute atomic E-state index is 0.0424. The summed E-state index contributed by atoms with van der Waals surface area (Å²) in [6.45, 7) is 5.65. The van der Waals surface area contributed by atoms with Crippen LogP contribution in [-0.4, -0.2) is 41.3 Å². The van der Waals surface area contributed by atoms with E-state index in [4.69, 9.17) is 4.42 Å². The second kappa shape index (κ2) is 7.02. The summed E-state index contributed by atoms with van der Waals surface area (Å²) in [5, 5.41) is 33.7. The molecule has 3 aromatic rings. The Morgan fingerprint density at radius 3 is 2.72 bits per heavy atom. The summed E-state index contributed by atoms with van der Waals surface area (Å²) < 4.78 is 6.07. The molecular weight excluding hydrogens is 368 g/mol. The van der Waals surface area contributed by atoms with E-state index in [1.165, 1.54) is 0 Å². The maximum atomic E-state index is 10.8. The van der Waals surface area contributed by atoms with Gasteiger partial charge in [0.15, 0.2) is 11.5 Å². The van der Waals surface area contributed by atoms with Crippen molar-refractivity contribution in [1.82, 2.24) is 10.2 Å². The molecule has 3 N–H and O–H groups in total. The Morgan fingerprint density at radius 2 is 1.90 bits per heavy atom. The van der Waals surface area contributed by atoms with E-state index >= 15 is 0 Å². The third-order valence-corrected chi connectivity index (χ3v) is 5.70. The highest BCUT2D eigenvalue weighted by molar-refractivity contribution is 5.95. The molecule has 0 bridgehead atoms. The molecule has 7 heteroatoms. The summed E-state index contributed by atoms with van der Waals surface area (Å²) >= 11 is 0. The molecule has 2 aromatic carbocycles. The molecule has 0 aliphatic carbocycles. The van der Waals surface area contributed by atoms with Crippen LogP contribution in [0.25, 0.3) is 22.7 Å². The standard InChI is InChI=1S/C22H22N4O3/c1-13(26-10-8-23-9-11-26)20-18(27)7-6-15-21(28)19(29-22(15)20)12-17-14-4-2-3-5-16(14)24-25-17/h2-7,12-13,23,27-28H,8-11H2,1H3. The minimum Gasteiger partial charge on any atom is -0.507 e. The van der Waals surface area contributed by atoms with Gasteiger partial charge in [-0.15, -0.1) is 10.2 Å². The van der Waals surface area contributed by atoms with Crippen LogP contribution in [0.15, 0.2) is 51.0 Å². The predicted molar refractivity (Wildman–Crippen MR) is 111 cm³/mol. The Hall–Kier alpha value is -3.16. The third-order valence-electron chi connectivity index (χ3n) is 5.70. The number of furan rings is 1. The molecule has 1 fully saturated rings. The summed E-state index contributed by atoms with van der Waals surface area (Å²) in [5.41, 5.74) is 3.52. The summed E-state index contributed by atoms with van der Waals surface area (Å²) in [4.78, 5) is 2.30. The zero-order valence-corrected chi connectivity index (χ0v) is 16.1. The second-order valence-electron chi connectivity index (χ2n) is 7.40. The van der Waals surface area contributed by atoms with Crippen LogP contribution < -0.4 is 5.32 Å². The largest absolute Gasteiger partial charge is 0.507 e. The van der Waals surface area contributed by atoms with Crippen molar-refractivity contribution in [3.05, 3.63) is 53.3 Å². The summed E-state index contributed by atoms with van der Waals surface area (Å²) in [5.74, 6) is 0.522. The van der Waals surface area contributed by atoms with Crippen molar-refractivity contribution < 1.29 is 14.6 Å². The number of phenols is 1. The molecule has 0 radical (unpaired) electrons. The lowest BCUT2D eigenvalue weighted by atomic mass is 10.0. The highest BCUT2D eigenvalue weighted by Gasteiger charge is 2.26. The first kappa shape index (κ1) is 17.9. The van der Waals surface area contributed by atoms with Crippen LogP contribution in [0, 0.1) is 0 Å². The number of hydrogen-bond acceptors (Lipinski definition) is 7. The summed E-state index contributed by atoms with van der Waals surface area (Å²) in [6.07, 6.45) is 1.70. The number of aromatic hydroxyl groups is 2. The fourth-order valence-corrected chi connectivity index (χ4v) is 4.10. The first-order chi connectivity index (χ1) is 14.1. The van der Waals surface area contributed by atoms with E-state index < -0.39 is 0 Å². The number of hydrogen-bond donors (Lipinski definition) is 3. The fourth-order valence-electron chi connectivity index (χ4n) is 4.10. The lowest BCUT2D eigenvalue weighted by molar-refractivity contribution is 0.183. The molecular formula is C22H22N4O3. The maximum Gasteiger partial charge on any atom is 0.172 e. The Labute approximate surface area is 168 Å². The molecule has 1 unspecified atom stereocenters. The van der Waals surface area contributed by atoms with E-state index in [1.807, 2.05) is 24.3 Å². The zero-order chi connectivity index (χ0) is 20.0. The lowest BCUT2D eigenvalue weighted by Gasteiger charge is -2.33. The van der Waals surface area contributed by atoms with Gasteiger partial charge in [-0.2, -0.15) is 0 Å². The molecule has 0 saturated carbocycles. The Morgan fingerprint density at radius 1 is 1.10 bits per heavy atom. The van der Waals surface area contributed by atoms with E-state index in [0.29, 0.717) is 28.0 Å². The molecule has 1 saturated heterocycles. The molecule has 0 spiro atoms. The molecule has 29 heavy (non-hydrogen) atoms. The number of rotatable bonds is 3. The fraction of sp³-hybridized carbons (Fsp3) is 0.273. The van der Waals surface area contributed by atoms with E-state index in [-0.39, 0.29) is 17.5 Å². The normalized spacial score (nSPS) is 19.1. The van der Waals surface area contributed by atoms with Crippen LogP contribution in [0.3, 0.4) is 0 Å². The van der Waals surface area contributed by atoms with Crippen LogP contribution in [0.4, 0.5) is 5.69 Å². The van der Waals surface area contributed by atoms with Gasteiger partial charge in [0.25, 0.3) is 0 Å². The van der Waals surface area contributed by atoms with Crippen LogP contribution in [0.2, 0.25) is 0 Å². The van der Waals surface area contributed by atoms with Gasteiger partial charge < -0.3 is 19.9 Å². The SMILES string of the molecule is CC(c1c(O)ccc2c(O)c(C=C3N=Nc4ccccc43)oc12)N1CCNCC1. The summed E-state index contributed by atoms with van der Waals surface area (Å²) in [7, 11) is 0. The molecule has 148 valence electrons. The van der Waals surface area contributed by atoms with Crippen molar-refractivity contribution >= 4 is 28.4 Å². The number of nitrogens with zero attached hydrogens (tertiary/aromatic N) is 3. The van der Waals surface area contributed by atoms with Crippen molar-refractivity contribution in [2.75, 3.05) is 26.2 Å². The van der Waals surface area contributed by atoms with Crippen molar-refractivity contribution in [1.29, 1.82) is 0 Å². The molecule has 7 nitrogen and oxygen atoms in total. The number of piperazine rings is 1. The van der Waals surface area contributed by atoms with E-state index in [2.05, 4.69) is 27.4 Å². The van der Waals surface area contributed by atoms with Gasteiger partial charge in [-0.25, -0.2) is 0 Å². The highest BCUT2D eigenvalue weighted by atomic mass is 16.4. The average molecular weight is 390 g/mol. The Balaban J connectivity index is 1.60. The maximum absolute atomic E-state index is 10.8. The van der Waals surface area contributed by atoms with Gasteiger partial charge in [-0.1, -0.05) is 18.2 Å². The van der Waals surface area contributed by atoms with E-state index in [0.717, 1.165) is 37.4 Å². The Bertz CT molecular complexity index is 1140. The van der Waals surface area contributed by atoms with Crippen molar-refractivity contribution in [3.63, 3.8) is 0 Å².